The van der Waals surface area contributed by atoms with E-state index in [9.17, 15) is 0 Å². The minimum absolute atomic E-state index is 0.552. The molecule has 2 fully saturated rings. The van der Waals surface area contributed by atoms with Crippen LogP contribution in [0.2, 0.25) is 0 Å². The smallest absolute Gasteiger partial charge is 0.222 e. The predicted octanol–water partition coefficient (Wildman–Crippen LogP) is 4.20. The van der Waals surface area contributed by atoms with Crippen LogP contribution in [0.3, 0.4) is 0 Å². The molecular weight excluding hydrogens is 368 g/mol. The highest BCUT2D eigenvalue weighted by Crippen LogP contribution is 2.41. The first kappa shape index (κ1) is 16.6. The molecule has 3 atom stereocenters. The molecule has 6 heteroatoms. The minimum Gasteiger partial charge on any atom is -0.472 e. The lowest BCUT2D eigenvalue weighted by molar-refractivity contribution is 0.288. The zero-order valence-corrected chi connectivity index (χ0v) is 16.4. The zero-order valence-electron chi connectivity index (χ0n) is 15.5. The van der Waals surface area contributed by atoms with Crippen LogP contribution in [0.25, 0.3) is 16.8 Å². The molecule has 0 aliphatic carbocycles. The van der Waals surface area contributed by atoms with Gasteiger partial charge in [0.2, 0.25) is 5.88 Å². The van der Waals surface area contributed by atoms with Crippen molar-refractivity contribution in [1.29, 1.82) is 0 Å². The molecule has 2 aromatic heterocycles. The molecule has 6 rings (SSSR count). The van der Waals surface area contributed by atoms with Crippen LogP contribution in [0.4, 0.5) is 0 Å². The Morgan fingerprint density at radius 2 is 1.93 bits per heavy atom. The third kappa shape index (κ3) is 2.91. The number of fused-ring (bicyclic) bond motifs is 5. The molecule has 3 aromatic rings. The zero-order chi connectivity index (χ0) is 18.5. The van der Waals surface area contributed by atoms with Crippen molar-refractivity contribution in [1.82, 2.24) is 20.1 Å². The Hall–Kier alpha value is -2.31. The van der Waals surface area contributed by atoms with Gasteiger partial charge in [-0.25, -0.2) is 9.67 Å². The monoisotopic (exact) mass is 390 g/mol. The second-order valence-corrected chi connectivity index (χ2v) is 9.25. The SMILES string of the molecule is c1cnn(-c2ccc3c(c2)COc2nc(S[C@@H]4C[C@H]5CC[C@@H](C4)N5)ccc2-3)c1. The van der Waals surface area contributed by atoms with Crippen LogP contribution in [-0.2, 0) is 6.61 Å². The van der Waals surface area contributed by atoms with E-state index in [4.69, 9.17) is 9.72 Å². The number of benzene rings is 1. The second-order valence-electron chi connectivity index (χ2n) is 7.93. The number of hydrogen-bond donors (Lipinski definition) is 1. The van der Waals surface area contributed by atoms with E-state index >= 15 is 0 Å². The average molecular weight is 391 g/mol. The van der Waals surface area contributed by atoms with Crippen LogP contribution in [0, 0.1) is 0 Å². The molecule has 0 amide bonds. The first-order valence-corrected chi connectivity index (χ1v) is 10.9. The van der Waals surface area contributed by atoms with Crippen LogP contribution in [0.5, 0.6) is 5.88 Å². The first-order valence-electron chi connectivity index (χ1n) is 10.0. The van der Waals surface area contributed by atoms with E-state index in [0.717, 1.165) is 22.2 Å². The number of nitrogens with zero attached hydrogens (tertiary/aromatic N) is 3. The Morgan fingerprint density at radius 1 is 1.07 bits per heavy atom. The lowest BCUT2D eigenvalue weighted by atomic mass is 9.98. The van der Waals surface area contributed by atoms with Crippen LogP contribution < -0.4 is 10.1 Å². The number of piperidine rings is 1. The highest BCUT2D eigenvalue weighted by atomic mass is 32.2. The standard InChI is InChI=1S/C22H22N4OS/c1-8-23-26(9-1)17-4-5-19-14(10-17)13-27-22-20(19)6-7-21(25-22)28-18-11-15-2-3-16(12-18)24-15/h1,4-10,15-16,18,24H,2-3,11-13H2/t15-,16+,18-. The van der Waals surface area contributed by atoms with Crippen molar-refractivity contribution in [2.75, 3.05) is 0 Å². The fourth-order valence-electron chi connectivity index (χ4n) is 4.75. The Kier molecular flexibility index (Phi) is 3.94. The van der Waals surface area contributed by atoms with Crippen LogP contribution >= 0.6 is 11.8 Å². The fraction of sp³-hybridized carbons (Fsp3) is 0.364. The van der Waals surface area contributed by atoms with Gasteiger partial charge in [0.15, 0.2) is 0 Å². The lowest BCUT2D eigenvalue weighted by Crippen LogP contribution is -2.39. The Labute approximate surface area is 168 Å². The van der Waals surface area contributed by atoms with Gasteiger partial charge in [-0.1, -0.05) is 6.07 Å². The van der Waals surface area contributed by atoms with Crippen molar-refractivity contribution >= 4 is 11.8 Å². The van der Waals surface area contributed by atoms with Gasteiger partial charge in [-0.05, 0) is 67.1 Å². The van der Waals surface area contributed by atoms with E-state index in [2.05, 4.69) is 40.7 Å². The highest BCUT2D eigenvalue weighted by molar-refractivity contribution is 7.99. The summed E-state index contributed by atoms with van der Waals surface area (Å²) in [6.45, 7) is 0.552. The summed E-state index contributed by atoms with van der Waals surface area (Å²) in [5.74, 6) is 0.765. The van der Waals surface area contributed by atoms with Crippen molar-refractivity contribution in [2.24, 2.45) is 0 Å². The van der Waals surface area contributed by atoms with Gasteiger partial charge in [0.1, 0.15) is 11.6 Å². The summed E-state index contributed by atoms with van der Waals surface area (Å²) in [5, 5.41) is 9.78. The van der Waals surface area contributed by atoms with Crippen molar-refractivity contribution in [3.8, 4) is 22.7 Å². The van der Waals surface area contributed by atoms with Gasteiger partial charge in [0.25, 0.3) is 0 Å². The summed E-state index contributed by atoms with van der Waals surface area (Å²) in [6, 6.07) is 14.1. The molecule has 3 aliphatic rings. The molecule has 5 heterocycles. The second kappa shape index (κ2) is 6.64. The van der Waals surface area contributed by atoms with Crippen LogP contribution in [0.15, 0.2) is 53.8 Å². The largest absolute Gasteiger partial charge is 0.472 e. The molecule has 2 bridgehead atoms. The summed E-state index contributed by atoms with van der Waals surface area (Å²) < 4.78 is 7.92. The number of thioether (sulfide) groups is 1. The first-order chi connectivity index (χ1) is 13.8. The number of hydrogen-bond acceptors (Lipinski definition) is 5. The Bertz CT molecular complexity index is 1010. The maximum Gasteiger partial charge on any atom is 0.222 e. The van der Waals surface area contributed by atoms with Crippen LogP contribution in [0.1, 0.15) is 31.2 Å². The molecule has 142 valence electrons. The van der Waals surface area contributed by atoms with Crippen molar-refractivity contribution in [2.45, 2.75) is 54.6 Å². The van der Waals surface area contributed by atoms with Gasteiger partial charge in [0, 0.05) is 35.3 Å². The predicted molar refractivity (Wildman–Crippen MR) is 110 cm³/mol. The average Bonchev–Trinajstić information content (AvgIpc) is 3.37. The van der Waals surface area contributed by atoms with Crippen molar-refractivity contribution < 1.29 is 4.74 Å². The number of ether oxygens (including phenoxy) is 1. The molecule has 28 heavy (non-hydrogen) atoms. The summed E-state index contributed by atoms with van der Waals surface area (Å²) in [6.07, 6.45) is 8.92. The molecular formula is C22H22N4OS. The highest BCUT2D eigenvalue weighted by Gasteiger charge is 2.34. The number of aromatic nitrogens is 3. The van der Waals surface area contributed by atoms with E-state index < -0.39 is 0 Å². The van der Waals surface area contributed by atoms with Gasteiger partial charge < -0.3 is 10.1 Å². The maximum absolute atomic E-state index is 6.04. The van der Waals surface area contributed by atoms with Crippen molar-refractivity contribution in [3.05, 3.63) is 54.4 Å². The van der Waals surface area contributed by atoms with Gasteiger partial charge in [0.05, 0.1) is 5.69 Å². The molecule has 5 nitrogen and oxygen atoms in total. The minimum atomic E-state index is 0.552. The van der Waals surface area contributed by atoms with Crippen molar-refractivity contribution in [3.63, 3.8) is 0 Å². The summed E-state index contributed by atoms with van der Waals surface area (Å²) >= 11 is 1.92. The van der Waals surface area contributed by atoms with Gasteiger partial charge in [-0.15, -0.1) is 11.8 Å². The molecule has 0 unspecified atom stereocenters. The van der Waals surface area contributed by atoms with Gasteiger partial charge in [-0.3, -0.25) is 0 Å². The van der Waals surface area contributed by atoms with E-state index in [0.29, 0.717) is 23.9 Å². The Morgan fingerprint density at radius 3 is 2.75 bits per heavy atom. The lowest BCUT2D eigenvalue weighted by Gasteiger charge is -2.28. The van der Waals surface area contributed by atoms with E-state index in [-0.39, 0.29) is 0 Å². The molecule has 0 radical (unpaired) electrons. The van der Waals surface area contributed by atoms with Gasteiger partial charge in [-0.2, -0.15) is 5.10 Å². The summed E-state index contributed by atoms with van der Waals surface area (Å²) in [4.78, 5) is 4.85. The van der Waals surface area contributed by atoms with Gasteiger partial charge >= 0.3 is 0 Å². The third-order valence-electron chi connectivity index (χ3n) is 6.06. The fourth-order valence-corrected chi connectivity index (χ4v) is 6.03. The number of rotatable bonds is 3. The molecule has 2 saturated heterocycles. The van der Waals surface area contributed by atoms with Crippen LogP contribution in [-0.4, -0.2) is 32.1 Å². The maximum atomic E-state index is 6.04. The molecule has 0 spiro atoms. The van der Waals surface area contributed by atoms with E-state index in [1.165, 1.54) is 36.8 Å². The van der Waals surface area contributed by atoms with E-state index in [1.54, 1.807) is 6.20 Å². The molecule has 3 aliphatic heterocycles. The normalized spacial score (nSPS) is 25.1. The number of pyridine rings is 1. The molecule has 0 saturated carbocycles. The summed E-state index contributed by atoms with van der Waals surface area (Å²) in [7, 11) is 0. The quantitative estimate of drug-likeness (QED) is 0.726. The van der Waals surface area contributed by atoms with E-state index in [1.807, 2.05) is 28.7 Å². The number of nitrogens with one attached hydrogen (secondary N) is 1. The summed E-state index contributed by atoms with van der Waals surface area (Å²) in [5.41, 5.74) is 4.53. The third-order valence-corrected chi connectivity index (χ3v) is 7.25. The molecule has 1 N–H and O–H groups in total. The topological polar surface area (TPSA) is 52.0 Å². The molecule has 1 aromatic carbocycles. The Balaban J connectivity index is 1.26.